The van der Waals surface area contributed by atoms with Crippen LogP contribution in [0.25, 0.3) is 10.9 Å². The Balaban J connectivity index is 2.74. The number of benzene rings is 1. The fourth-order valence-electron chi connectivity index (χ4n) is 1.61. The number of carbonyl (C=O) groups excluding carboxylic acids is 1. The third-order valence-corrected chi connectivity index (χ3v) is 2.36. The zero-order chi connectivity index (χ0) is 10.1. The van der Waals surface area contributed by atoms with Gasteiger partial charge in [-0.2, -0.15) is 0 Å². The van der Waals surface area contributed by atoms with Crippen LogP contribution in [0.2, 0.25) is 0 Å². The molecule has 0 atom stereocenters. The van der Waals surface area contributed by atoms with Crippen molar-refractivity contribution >= 4 is 17.2 Å². The van der Waals surface area contributed by atoms with Crippen LogP contribution in [-0.4, -0.2) is 18.4 Å². The van der Waals surface area contributed by atoms with Crippen LogP contribution >= 0.6 is 0 Å². The average molecular weight is 189 g/mol. The second-order valence-electron chi connectivity index (χ2n) is 3.19. The van der Waals surface area contributed by atoms with Crippen molar-refractivity contribution in [1.29, 1.82) is 0 Å². The van der Waals surface area contributed by atoms with E-state index in [1.54, 1.807) is 7.11 Å². The first-order valence-electron chi connectivity index (χ1n) is 4.37. The molecular formula is C11H11NO2. The molecule has 1 aromatic carbocycles. The molecule has 0 fully saturated rings. The number of carbonyl (C=O) groups is 1. The molecule has 3 nitrogen and oxygen atoms in total. The quantitative estimate of drug-likeness (QED) is 0.736. The van der Waals surface area contributed by atoms with Gasteiger partial charge in [0.1, 0.15) is 5.75 Å². The Morgan fingerprint density at radius 1 is 1.43 bits per heavy atom. The lowest BCUT2D eigenvalue weighted by molar-refractivity contribution is 0.112. The van der Waals surface area contributed by atoms with Gasteiger partial charge in [0.15, 0.2) is 6.29 Å². The molecule has 0 unspecified atom stereocenters. The van der Waals surface area contributed by atoms with Gasteiger partial charge in [-0.15, -0.1) is 0 Å². The third-order valence-electron chi connectivity index (χ3n) is 2.36. The minimum atomic E-state index is 0.725. The molecule has 1 N–H and O–H groups in total. The highest BCUT2D eigenvalue weighted by molar-refractivity contribution is 5.99. The summed E-state index contributed by atoms with van der Waals surface area (Å²) in [6.07, 6.45) is 0.876. The molecule has 0 saturated heterocycles. The molecule has 0 aliphatic carbocycles. The summed E-state index contributed by atoms with van der Waals surface area (Å²) in [5.74, 6) is 0.788. The number of H-pyrrole nitrogens is 1. The Morgan fingerprint density at radius 3 is 2.86 bits per heavy atom. The molecule has 1 heterocycles. The fraction of sp³-hybridized carbons (Fsp3) is 0.182. The molecule has 0 aliphatic rings. The van der Waals surface area contributed by atoms with Gasteiger partial charge in [0.2, 0.25) is 0 Å². The highest BCUT2D eigenvalue weighted by Gasteiger charge is 2.07. The summed E-state index contributed by atoms with van der Waals surface area (Å²) >= 11 is 0. The van der Waals surface area contributed by atoms with Crippen LogP contribution in [-0.2, 0) is 0 Å². The highest BCUT2D eigenvalue weighted by atomic mass is 16.5. The minimum Gasteiger partial charge on any atom is -0.497 e. The van der Waals surface area contributed by atoms with Gasteiger partial charge in [-0.05, 0) is 19.1 Å². The second kappa shape index (κ2) is 3.18. The maximum absolute atomic E-state index is 10.8. The van der Waals surface area contributed by atoms with Crippen LogP contribution in [0.15, 0.2) is 18.2 Å². The summed E-state index contributed by atoms with van der Waals surface area (Å²) in [5.41, 5.74) is 2.55. The lowest BCUT2D eigenvalue weighted by Gasteiger charge is -1.98. The molecule has 1 aromatic heterocycles. The lowest BCUT2D eigenvalue weighted by Crippen LogP contribution is -1.82. The predicted molar refractivity (Wildman–Crippen MR) is 55.0 cm³/mol. The van der Waals surface area contributed by atoms with E-state index in [0.29, 0.717) is 0 Å². The number of hydrogen-bond donors (Lipinski definition) is 1. The number of aryl methyl sites for hydroxylation is 1. The van der Waals surface area contributed by atoms with Crippen molar-refractivity contribution in [3.8, 4) is 5.75 Å². The first-order chi connectivity index (χ1) is 6.76. The van der Waals surface area contributed by atoms with Crippen LogP contribution in [0.4, 0.5) is 0 Å². The Hall–Kier alpha value is -1.77. The van der Waals surface area contributed by atoms with E-state index in [0.717, 1.165) is 34.2 Å². The van der Waals surface area contributed by atoms with Crippen LogP contribution in [0.1, 0.15) is 16.1 Å². The van der Waals surface area contributed by atoms with Gasteiger partial charge in [0.05, 0.1) is 12.6 Å². The van der Waals surface area contributed by atoms with Gasteiger partial charge in [-0.25, -0.2) is 0 Å². The molecule has 2 aromatic rings. The molecule has 3 heteroatoms. The van der Waals surface area contributed by atoms with Crippen LogP contribution in [0.5, 0.6) is 5.75 Å². The molecule has 0 saturated carbocycles. The van der Waals surface area contributed by atoms with Gasteiger partial charge < -0.3 is 9.72 Å². The van der Waals surface area contributed by atoms with E-state index in [-0.39, 0.29) is 0 Å². The smallest absolute Gasteiger partial charge is 0.152 e. The molecule has 0 spiro atoms. The zero-order valence-electron chi connectivity index (χ0n) is 8.13. The first kappa shape index (κ1) is 8.81. The van der Waals surface area contributed by atoms with Crippen molar-refractivity contribution in [2.24, 2.45) is 0 Å². The first-order valence-corrected chi connectivity index (χ1v) is 4.37. The molecule has 0 bridgehead atoms. The van der Waals surface area contributed by atoms with Gasteiger partial charge >= 0.3 is 0 Å². The molecule has 14 heavy (non-hydrogen) atoms. The molecule has 2 rings (SSSR count). The Kier molecular flexibility index (Phi) is 2.00. The minimum absolute atomic E-state index is 0.725. The summed E-state index contributed by atoms with van der Waals surface area (Å²) in [6, 6.07) is 5.62. The van der Waals surface area contributed by atoms with Crippen LogP contribution in [0, 0.1) is 6.92 Å². The van der Waals surface area contributed by atoms with Crippen molar-refractivity contribution < 1.29 is 9.53 Å². The SMILES string of the molecule is COc1ccc2c(C=O)c(C)[nH]c2c1. The summed E-state index contributed by atoms with van der Waals surface area (Å²) < 4.78 is 5.10. The van der Waals surface area contributed by atoms with Crippen molar-refractivity contribution in [3.63, 3.8) is 0 Å². The molecule has 0 amide bonds. The van der Waals surface area contributed by atoms with Gasteiger partial charge in [-0.1, -0.05) is 0 Å². The summed E-state index contributed by atoms with van der Waals surface area (Å²) in [7, 11) is 1.62. The van der Waals surface area contributed by atoms with Crippen molar-refractivity contribution in [2.75, 3.05) is 7.11 Å². The monoisotopic (exact) mass is 189 g/mol. The van der Waals surface area contributed by atoms with Gasteiger partial charge in [-0.3, -0.25) is 4.79 Å². The predicted octanol–water partition coefficient (Wildman–Crippen LogP) is 2.30. The molecular weight excluding hydrogens is 178 g/mol. The average Bonchev–Trinajstić information content (AvgIpc) is 2.51. The van der Waals surface area contributed by atoms with E-state index < -0.39 is 0 Å². The summed E-state index contributed by atoms with van der Waals surface area (Å²) in [5, 5.41) is 0.943. The Morgan fingerprint density at radius 2 is 2.21 bits per heavy atom. The number of nitrogens with one attached hydrogen (secondary N) is 1. The zero-order valence-corrected chi connectivity index (χ0v) is 8.13. The van der Waals surface area contributed by atoms with Crippen LogP contribution < -0.4 is 4.74 Å². The number of methoxy groups -OCH3 is 1. The van der Waals surface area contributed by atoms with Gasteiger partial charge in [0, 0.05) is 22.7 Å². The Bertz CT molecular complexity index is 485. The maximum atomic E-state index is 10.8. The van der Waals surface area contributed by atoms with Gasteiger partial charge in [0.25, 0.3) is 0 Å². The highest BCUT2D eigenvalue weighted by Crippen LogP contribution is 2.24. The fourth-order valence-corrected chi connectivity index (χ4v) is 1.61. The number of aromatic nitrogens is 1. The van der Waals surface area contributed by atoms with E-state index in [1.165, 1.54) is 0 Å². The number of fused-ring (bicyclic) bond motifs is 1. The standard InChI is InChI=1S/C11H11NO2/c1-7-10(6-13)9-4-3-8(14-2)5-11(9)12-7/h3-6,12H,1-2H3. The molecule has 0 radical (unpaired) electrons. The van der Waals surface area contributed by atoms with Crippen molar-refractivity contribution in [2.45, 2.75) is 6.92 Å². The summed E-state index contributed by atoms with van der Waals surface area (Å²) in [4.78, 5) is 13.9. The van der Waals surface area contributed by atoms with E-state index in [1.807, 2.05) is 25.1 Å². The van der Waals surface area contributed by atoms with Crippen LogP contribution in [0.3, 0.4) is 0 Å². The second-order valence-corrected chi connectivity index (χ2v) is 3.19. The number of ether oxygens (including phenoxy) is 1. The van der Waals surface area contributed by atoms with Crippen molar-refractivity contribution in [1.82, 2.24) is 4.98 Å². The van der Waals surface area contributed by atoms with E-state index in [2.05, 4.69) is 4.98 Å². The van der Waals surface area contributed by atoms with E-state index >= 15 is 0 Å². The topological polar surface area (TPSA) is 42.1 Å². The largest absolute Gasteiger partial charge is 0.497 e. The normalized spacial score (nSPS) is 10.4. The number of aromatic amines is 1. The summed E-state index contributed by atoms with van der Waals surface area (Å²) in [6.45, 7) is 1.89. The van der Waals surface area contributed by atoms with E-state index in [9.17, 15) is 4.79 Å². The maximum Gasteiger partial charge on any atom is 0.152 e. The molecule has 0 aliphatic heterocycles. The third kappa shape index (κ3) is 1.18. The number of aldehydes is 1. The number of hydrogen-bond acceptors (Lipinski definition) is 2. The molecule has 72 valence electrons. The Labute approximate surface area is 81.7 Å². The van der Waals surface area contributed by atoms with Crippen molar-refractivity contribution in [3.05, 3.63) is 29.5 Å². The number of rotatable bonds is 2. The lowest BCUT2D eigenvalue weighted by atomic mass is 10.1. The van der Waals surface area contributed by atoms with E-state index in [4.69, 9.17) is 4.74 Å².